The van der Waals surface area contributed by atoms with E-state index in [9.17, 15) is 0 Å². The van der Waals surface area contributed by atoms with Gasteiger partial charge in [-0.2, -0.15) is 0 Å². The van der Waals surface area contributed by atoms with Gasteiger partial charge in [-0.05, 0) is 62.2 Å². The molecule has 10 aromatic rings. The molecule has 0 saturated heterocycles. The van der Waals surface area contributed by atoms with Gasteiger partial charge in [-0.3, -0.25) is 0 Å². The zero-order valence-electron chi connectivity index (χ0n) is 36.3. The van der Waals surface area contributed by atoms with Crippen molar-refractivity contribution in [3.05, 3.63) is 278 Å². The summed E-state index contributed by atoms with van der Waals surface area (Å²) in [7, 11) is 0. The lowest BCUT2D eigenvalue weighted by atomic mass is 9.83. The van der Waals surface area contributed by atoms with Crippen LogP contribution in [-0.2, 0) is 0 Å². The van der Waals surface area contributed by atoms with Crippen LogP contribution in [0.15, 0.2) is 266 Å². The van der Waals surface area contributed by atoms with Crippen molar-refractivity contribution in [2.24, 2.45) is 4.99 Å². The van der Waals surface area contributed by atoms with Crippen LogP contribution < -0.4 is 5.32 Å². The molecule has 9 aromatic carbocycles. The van der Waals surface area contributed by atoms with Crippen LogP contribution in [0.3, 0.4) is 0 Å². The van der Waals surface area contributed by atoms with Crippen molar-refractivity contribution in [3.8, 4) is 78.1 Å². The maximum Gasteiger partial charge on any atom is 0.134 e. The maximum absolute atomic E-state index is 5.66. The van der Waals surface area contributed by atoms with Gasteiger partial charge in [0.15, 0.2) is 0 Å². The van der Waals surface area contributed by atoms with Crippen LogP contribution >= 0.6 is 0 Å². The lowest BCUT2D eigenvalue weighted by Gasteiger charge is -2.26. The number of pyridine rings is 1. The fourth-order valence-electron chi connectivity index (χ4n) is 9.08. The molecule has 0 saturated carbocycles. The van der Waals surface area contributed by atoms with Crippen molar-refractivity contribution in [1.82, 2.24) is 10.3 Å². The molecule has 1 aromatic heterocycles. The lowest BCUT2D eigenvalue weighted by molar-refractivity contribution is 0.781. The van der Waals surface area contributed by atoms with E-state index in [0.717, 1.165) is 84.1 Å². The van der Waals surface area contributed by atoms with Crippen molar-refractivity contribution >= 4 is 11.5 Å². The summed E-state index contributed by atoms with van der Waals surface area (Å²) in [6, 6.07) is 90.1. The smallest absolute Gasteiger partial charge is 0.134 e. The average molecular weight is 844 g/mol. The van der Waals surface area contributed by atoms with E-state index in [1.807, 2.05) is 0 Å². The molecular formula is C63H45N3. The molecule has 1 atom stereocenters. The first-order valence-electron chi connectivity index (χ1n) is 22.5. The van der Waals surface area contributed by atoms with Gasteiger partial charge in [0, 0.05) is 33.4 Å². The molecule has 0 aliphatic carbocycles. The highest BCUT2D eigenvalue weighted by Crippen LogP contribution is 2.49. The second-order valence-corrected chi connectivity index (χ2v) is 16.5. The fourth-order valence-corrected chi connectivity index (χ4v) is 9.08. The molecule has 0 radical (unpaired) electrons. The Morgan fingerprint density at radius 2 is 0.652 bits per heavy atom. The first kappa shape index (κ1) is 40.1. The molecule has 0 fully saturated rings. The Kier molecular flexibility index (Phi) is 11.1. The van der Waals surface area contributed by atoms with E-state index >= 15 is 0 Å². The summed E-state index contributed by atoms with van der Waals surface area (Å²) >= 11 is 0. The van der Waals surface area contributed by atoms with Gasteiger partial charge in [0.25, 0.3) is 0 Å². The standard InChI is InChI=1S/C63H45N3/c1-7-20-44(21-8-1)46-34-38-48(39-35-46)56-43-57(49-40-36-47(37-41-49)45-22-9-2-10-23-45)65-63(64-56)55-33-19-32-54(42-55)58-59(50-24-11-3-12-25-50)61(52-28-15-5-16-29-52)66-62(53-30-17-6-18-31-53)60(58)51-26-13-4-14-27-51/h1-43,56H,(H,64,65). The minimum absolute atomic E-state index is 0.134. The fraction of sp³-hybridized carbons (Fsp3) is 0.0159. The molecule has 0 bridgehead atoms. The third-order valence-corrected chi connectivity index (χ3v) is 12.4. The second kappa shape index (κ2) is 18.2. The topological polar surface area (TPSA) is 37.3 Å². The van der Waals surface area contributed by atoms with E-state index < -0.39 is 0 Å². The van der Waals surface area contributed by atoms with Gasteiger partial charge >= 0.3 is 0 Å². The van der Waals surface area contributed by atoms with Crippen LogP contribution in [-0.4, -0.2) is 10.8 Å². The zero-order valence-corrected chi connectivity index (χ0v) is 36.3. The first-order chi connectivity index (χ1) is 32.7. The first-order valence-corrected chi connectivity index (χ1v) is 22.5. The number of amidine groups is 1. The van der Waals surface area contributed by atoms with Crippen LogP contribution in [0.1, 0.15) is 22.7 Å². The molecule has 1 aliphatic rings. The van der Waals surface area contributed by atoms with Crippen molar-refractivity contribution in [3.63, 3.8) is 0 Å². The van der Waals surface area contributed by atoms with Crippen molar-refractivity contribution < 1.29 is 0 Å². The summed E-state index contributed by atoms with van der Waals surface area (Å²) in [5.74, 6) is 0.807. The lowest BCUT2D eigenvalue weighted by Crippen LogP contribution is -2.31. The Bertz CT molecular complexity index is 3210. The number of hydrogen-bond acceptors (Lipinski definition) is 3. The van der Waals surface area contributed by atoms with Gasteiger partial charge in [0.05, 0.1) is 23.1 Å². The Hall–Kier alpha value is -8.66. The van der Waals surface area contributed by atoms with Crippen LogP contribution in [0.25, 0.3) is 83.8 Å². The van der Waals surface area contributed by atoms with E-state index in [1.54, 1.807) is 0 Å². The van der Waals surface area contributed by atoms with Crippen LogP contribution in [0.4, 0.5) is 0 Å². The third-order valence-electron chi connectivity index (χ3n) is 12.4. The zero-order chi connectivity index (χ0) is 44.1. The Labute approximate surface area is 386 Å². The third kappa shape index (κ3) is 8.18. The summed E-state index contributed by atoms with van der Waals surface area (Å²) in [4.78, 5) is 11.1. The summed E-state index contributed by atoms with van der Waals surface area (Å²) in [5, 5.41) is 3.89. The van der Waals surface area contributed by atoms with E-state index in [0.29, 0.717) is 0 Å². The van der Waals surface area contributed by atoms with Crippen LogP contribution in [0, 0.1) is 0 Å². The van der Waals surface area contributed by atoms with Gasteiger partial charge in [-0.25, -0.2) is 9.98 Å². The summed E-state index contributed by atoms with van der Waals surface area (Å²) < 4.78 is 0. The predicted octanol–water partition coefficient (Wildman–Crippen LogP) is 15.9. The SMILES string of the molecule is C1=C(c2ccc(-c3ccccc3)cc2)N=C(c2cccc(-c3c(-c4ccccc4)c(-c4ccccc4)nc(-c4ccccc4)c3-c3ccccc3)c2)NC1c1ccc(-c2ccccc2)cc1. The Morgan fingerprint density at radius 1 is 0.288 bits per heavy atom. The normalized spacial score (nSPS) is 13.3. The van der Waals surface area contributed by atoms with E-state index in [-0.39, 0.29) is 6.04 Å². The largest absolute Gasteiger partial charge is 0.359 e. The maximum atomic E-state index is 5.66. The van der Waals surface area contributed by atoms with Gasteiger partial charge in [0.2, 0.25) is 0 Å². The number of benzene rings is 9. The van der Waals surface area contributed by atoms with E-state index in [1.165, 1.54) is 22.3 Å². The van der Waals surface area contributed by atoms with Crippen LogP contribution in [0.2, 0.25) is 0 Å². The number of aliphatic imine (C=N–C) groups is 1. The molecule has 3 heteroatoms. The summed E-state index contributed by atoms with van der Waals surface area (Å²) in [6.07, 6.45) is 2.25. The number of rotatable bonds is 10. The molecule has 2 heterocycles. The highest BCUT2D eigenvalue weighted by molar-refractivity contribution is 6.08. The molecule has 3 nitrogen and oxygen atoms in total. The predicted molar refractivity (Wildman–Crippen MR) is 276 cm³/mol. The molecule has 0 spiro atoms. The van der Waals surface area contributed by atoms with E-state index in [2.05, 4.69) is 266 Å². The van der Waals surface area contributed by atoms with Crippen LogP contribution in [0.5, 0.6) is 0 Å². The monoisotopic (exact) mass is 843 g/mol. The highest BCUT2D eigenvalue weighted by Gasteiger charge is 2.26. The van der Waals surface area contributed by atoms with E-state index in [4.69, 9.17) is 9.98 Å². The average Bonchev–Trinajstić information content (AvgIpc) is 3.42. The number of aromatic nitrogens is 1. The minimum atomic E-state index is -0.134. The quantitative estimate of drug-likeness (QED) is 0.149. The van der Waals surface area contributed by atoms with Crippen molar-refractivity contribution in [2.75, 3.05) is 0 Å². The molecule has 0 amide bonds. The molecular weight excluding hydrogens is 799 g/mol. The molecule has 1 aliphatic heterocycles. The van der Waals surface area contributed by atoms with Gasteiger partial charge in [-0.1, -0.05) is 249 Å². The van der Waals surface area contributed by atoms with Crippen molar-refractivity contribution in [1.29, 1.82) is 0 Å². The highest BCUT2D eigenvalue weighted by atomic mass is 15.0. The van der Waals surface area contributed by atoms with Gasteiger partial charge in [0.1, 0.15) is 5.84 Å². The molecule has 11 rings (SSSR count). The number of hydrogen-bond donors (Lipinski definition) is 1. The summed E-state index contributed by atoms with van der Waals surface area (Å²) in [5.41, 5.74) is 19.3. The Balaban J connectivity index is 1.11. The number of nitrogens with one attached hydrogen (secondary N) is 1. The molecule has 312 valence electrons. The number of nitrogens with zero attached hydrogens (tertiary/aromatic N) is 2. The minimum Gasteiger partial charge on any atom is -0.359 e. The van der Waals surface area contributed by atoms with Gasteiger partial charge < -0.3 is 5.32 Å². The second-order valence-electron chi connectivity index (χ2n) is 16.5. The van der Waals surface area contributed by atoms with Crippen molar-refractivity contribution in [2.45, 2.75) is 6.04 Å². The molecule has 66 heavy (non-hydrogen) atoms. The summed E-state index contributed by atoms with van der Waals surface area (Å²) in [6.45, 7) is 0. The molecule has 1 N–H and O–H groups in total. The Morgan fingerprint density at radius 3 is 1.12 bits per heavy atom. The van der Waals surface area contributed by atoms with Gasteiger partial charge in [-0.15, -0.1) is 0 Å². The molecule has 1 unspecified atom stereocenters.